The Kier molecular flexibility index (Phi) is 3.91. The van der Waals surface area contributed by atoms with E-state index in [-0.39, 0.29) is 0 Å². The zero-order valence-corrected chi connectivity index (χ0v) is 13.2. The summed E-state index contributed by atoms with van der Waals surface area (Å²) in [6, 6.07) is 6.36. The van der Waals surface area contributed by atoms with Gasteiger partial charge in [-0.3, -0.25) is 0 Å². The fourth-order valence-electron chi connectivity index (χ4n) is 3.02. The molecule has 21 heavy (non-hydrogen) atoms. The van der Waals surface area contributed by atoms with Crippen molar-refractivity contribution < 1.29 is 0 Å². The van der Waals surface area contributed by atoms with E-state index < -0.39 is 0 Å². The highest BCUT2D eigenvalue weighted by Crippen LogP contribution is 2.30. The summed E-state index contributed by atoms with van der Waals surface area (Å²) in [6.45, 7) is 7.31. The molecule has 0 aliphatic heterocycles. The van der Waals surface area contributed by atoms with E-state index in [1.165, 1.54) is 35.2 Å². The molecular formula is C18H23N3. The Morgan fingerprint density at radius 3 is 2.71 bits per heavy atom. The molecule has 1 aromatic heterocycles. The molecule has 3 heteroatoms. The molecule has 0 unspecified atom stereocenters. The number of aromatic nitrogens is 2. The number of aryl methyl sites for hydroxylation is 2. The van der Waals surface area contributed by atoms with Crippen molar-refractivity contribution in [1.29, 1.82) is 0 Å². The number of nitrogens with one attached hydrogen (secondary N) is 1. The Labute approximate surface area is 126 Å². The number of hydrogen-bond acceptors (Lipinski definition) is 3. The topological polar surface area (TPSA) is 37.8 Å². The molecule has 3 nitrogen and oxygen atoms in total. The first-order valence-electron chi connectivity index (χ1n) is 7.91. The summed E-state index contributed by atoms with van der Waals surface area (Å²) >= 11 is 0. The lowest BCUT2D eigenvalue weighted by Crippen LogP contribution is -2.13. The molecular weight excluding hydrogens is 258 g/mol. The maximum atomic E-state index is 4.88. The lowest BCUT2D eigenvalue weighted by Gasteiger charge is -2.20. The van der Waals surface area contributed by atoms with Crippen molar-refractivity contribution in [2.75, 3.05) is 11.9 Å². The average Bonchev–Trinajstić information content (AvgIpc) is 2.50. The fraction of sp³-hybridized carbons (Fsp3) is 0.444. The minimum absolute atomic E-state index is 0.868. The monoisotopic (exact) mass is 281 g/mol. The second kappa shape index (κ2) is 5.84. The smallest absolute Gasteiger partial charge is 0.162 e. The summed E-state index contributed by atoms with van der Waals surface area (Å²) in [5.74, 6) is 1.91. The highest BCUT2D eigenvalue weighted by atomic mass is 15.0. The SMILES string of the molecule is CCNc1nc(-c2cccc(C)c2C)nc2c1CCCC2. The van der Waals surface area contributed by atoms with Crippen molar-refractivity contribution in [2.45, 2.75) is 46.5 Å². The van der Waals surface area contributed by atoms with Gasteiger partial charge < -0.3 is 5.32 Å². The maximum absolute atomic E-state index is 4.88. The molecule has 0 atom stereocenters. The zero-order valence-electron chi connectivity index (χ0n) is 13.2. The molecule has 1 aromatic carbocycles. The van der Waals surface area contributed by atoms with Gasteiger partial charge >= 0.3 is 0 Å². The predicted octanol–water partition coefficient (Wildman–Crippen LogP) is 4.07. The Morgan fingerprint density at radius 2 is 1.90 bits per heavy atom. The van der Waals surface area contributed by atoms with Crippen LogP contribution in [0.4, 0.5) is 5.82 Å². The van der Waals surface area contributed by atoms with Crippen molar-refractivity contribution in [3.63, 3.8) is 0 Å². The molecule has 110 valence electrons. The van der Waals surface area contributed by atoms with E-state index >= 15 is 0 Å². The summed E-state index contributed by atoms with van der Waals surface area (Å²) in [6.07, 6.45) is 4.66. The highest BCUT2D eigenvalue weighted by molar-refractivity contribution is 5.65. The molecule has 0 saturated heterocycles. The van der Waals surface area contributed by atoms with Crippen LogP contribution in [0, 0.1) is 13.8 Å². The molecule has 0 bridgehead atoms. The van der Waals surface area contributed by atoms with Crippen LogP contribution in [-0.2, 0) is 12.8 Å². The van der Waals surface area contributed by atoms with Gasteiger partial charge in [-0.15, -0.1) is 0 Å². The number of rotatable bonds is 3. The summed E-state index contributed by atoms with van der Waals surface area (Å²) in [7, 11) is 0. The second-order valence-electron chi connectivity index (χ2n) is 5.81. The number of benzene rings is 1. The van der Waals surface area contributed by atoms with Crippen LogP contribution in [-0.4, -0.2) is 16.5 Å². The van der Waals surface area contributed by atoms with Crippen LogP contribution in [0.5, 0.6) is 0 Å². The van der Waals surface area contributed by atoms with Crippen molar-refractivity contribution in [2.24, 2.45) is 0 Å². The van der Waals surface area contributed by atoms with Gasteiger partial charge in [0, 0.05) is 23.4 Å². The van der Waals surface area contributed by atoms with E-state index in [1.807, 2.05) is 0 Å². The van der Waals surface area contributed by atoms with Crippen LogP contribution in [0.1, 0.15) is 42.1 Å². The van der Waals surface area contributed by atoms with Crippen LogP contribution in [0.25, 0.3) is 11.4 Å². The van der Waals surface area contributed by atoms with Gasteiger partial charge in [-0.25, -0.2) is 9.97 Å². The Hall–Kier alpha value is -1.90. The zero-order chi connectivity index (χ0) is 14.8. The van der Waals surface area contributed by atoms with E-state index in [4.69, 9.17) is 9.97 Å². The minimum Gasteiger partial charge on any atom is -0.370 e. The average molecular weight is 281 g/mol. The van der Waals surface area contributed by atoms with Gasteiger partial charge in [-0.1, -0.05) is 18.2 Å². The summed E-state index contributed by atoms with van der Waals surface area (Å²) < 4.78 is 0. The molecule has 3 rings (SSSR count). The molecule has 1 aliphatic carbocycles. The van der Waals surface area contributed by atoms with Crippen LogP contribution in [0.2, 0.25) is 0 Å². The van der Waals surface area contributed by atoms with E-state index in [1.54, 1.807) is 0 Å². The predicted molar refractivity (Wildman–Crippen MR) is 87.7 cm³/mol. The molecule has 1 N–H and O–H groups in total. The van der Waals surface area contributed by atoms with Gasteiger partial charge in [0.05, 0.1) is 0 Å². The van der Waals surface area contributed by atoms with E-state index in [0.717, 1.165) is 36.6 Å². The first-order valence-corrected chi connectivity index (χ1v) is 7.91. The van der Waals surface area contributed by atoms with Crippen LogP contribution < -0.4 is 5.32 Å². The van der Waals surface area contributed by atoms with Gasteiger partial charge in [0.15, 0.2) is 5.82 Å². The number of fused-ring (bicyclic) bond motifs is 1. The molecule has 0 fully saturated rings. The third-order valence-electron chi connectivity index (χ3n) is 4.37. The highest BCUT2D eigenvalue weighted by Gasteiger charge is 2.18. The molecule has 1 aliphatic rings. The quantitative estimate of drug-likeness (QED) is 0.921. The number of anilines is 1. The van der Waals surface area contributed by atoms with E-state index in [2.05, 4.69) is 44.3 Å². The van der Waals surface area contributed by atoms with Gasteiger partial charge in [-0.2, -0.15) is 0 Å². The largest absolute Gasteiger partial charge is 0.370 e. The molecule has 1 heterocycles. The Bertz CT molecular complexity index is 662. The van der Waals surface area contributed by atoms with Gasteiger partial charge in [0.25, 0.3) is 0 Å². The number of hydrogen-bond donors (Lipinski definition) is 1. The Morgan fingerprint density at radius 1 is 1.10 bits per heavy atom. The molecule has 2 aromatic rings. The van der Waals surface area contributed by atoms with Crippen molar-refractivity contribution in [3.05, 3.63) is 40.6 Å². The standard InChI is InChI=1S/C18H23N3/c1-4-19-17-15-9-5-6-11-16(15)20-18(21-17)14-10-7-8-12(2)13(14)3/h7-8,10H,4-6,9,11H2,1-3H3,(H,19,20,21). The van der Waals surface area contributed by atoms with Gasteiger partial charge in [-0.05, 0) is 57.6 Å². The third-order valence-corrected chi connectivity index (χ3v) is 4.37. The number of nitrogens with zero attached hydrogens (tertiary/aromatic N) is 2. The lowest BCUT2D eigenvalue weighted by molar-refractivity contribution is 0.664. The van der Waals surface area contributed by atoms with Crippen LogP contribution in [0.15, 0.2) is 18.2 Å². The lowest BCUT2D eigenvalue weighted by atomic mass is 9.95. The third kappa shape index (κ3) is 2.65. The van der Waals surface area contributed by atoms with Crippen LogP contribution >= 0.6 is 0 Å². The normalized spacial score (nSPS) is 13.9. The van der Waals surface area contributed by atoms with Crippen LogP contribution in [0.3, 0.4) is 0 Å². The first kappa shape index (κ1) is 14.1. The summed E-state index contributed by atoms with van der Waals surface area (Å²) in [5.41, 5.74) is 6.29. The van der Waals surface area contributed by atoms with Gasteiger partial charge in [0.2, 0.25) is 0 Å². The molecule has 0 radical (unpaired) electrons. The second-order valence-corrected chi connectivity index (χ2v) is 5.81. The fourth-order valence-corrected chi connectivity index (χ4v) is 3.02. The van der Waals surface area contributed by atoms with Gasteiger partial charge in [0.1, 0.15) is 5.82 Å². The van der Waals surface area contributed by atoms with Crippen molar-refractivity contribution in [1.82, 2.24) is 9.97 Å². The molecule has 0 saturated carbocycles. The minimum atomic E-state index is 0.868. The van der Waals surface area contributed by atoms with Crippen molar-refractivity contribution >= 4 is 5.82 Å². The van der Waals surface area contributed by atoms with E-state index in [0.29, 0.717) is 0 Å². The molecule has 0 spiro atoms. The summed E-state index contributed by atoms with van der Waals surface area (Å²) in [5, 5.41) is 3.43. The Balaban J connectivity index is 2.14. The maximum Gasteiger partial charge on any atom is 0.162 e. The summed E-state index contributed by atoms with van der Waals surface area (Å²) in [4.78, 5) is 9.70. The van der Waals surface area contributed by atoms with Crippen molar-refractivity contribution in [3.8, 4) is 11.4 Å². The first-order chi connectivity index (χ1) is 10.2. The van der Waals surface area contributed by atoms with E-state index in [9.17, 15) is 0 Å². The molecule has 0 amide bonds.